The van der Waals surface area contributed by atoms with Gasteiger partial charge in [-0.3, -0.25) is 0 Å². The number of thioether (sulfide) groups is 1. The Labute approximate surface area is 93.3 Å². The van der Waals surface area contributed by atoms with E-state index in [1.807, 2.05) is 29.3 Å². The standard InChI is InChI=1S/C10H16N2S2/c1-7(5-11)9-6-12-10(14-9)8-3-2-4-13-8/h6-8H,2-5,11H2,1H3. The molecule has 0 aromatic carbocycles. The van der Waals surface area contributed by atoms with E-state index in [0.29, 0.717) is 11.2 Å². The quantitative estimate of drug-likeness (QED) is 0.864. The van der Waals surface area contributed by atoms with Crippen molar-refractivity contribution in [3.05, 3.63) is 16.1 Å². The van der Waals surface area contributed by atoms with Gasteiger partial charge >= 0.3 is 0 Å². The van der Waals surface area contributed by atoms with Gasteiger partial charge in [0, 0.05) is 17.0 Å². The van der Waals surface area contributed by atoms with Gasteiger partial charge in [0.2, 0.25) is 0 Å². The molecule has 2 atom stereocenters. The molecule has 1 aliphatic rings. The number of thiazole rings is 1. The van der Waals surface area contributed by atoms with Crippen LogP contribution >= 0.6 is 23.1 Å². The highest BCUT2D eigenvalue weighted by molar-refractivity contribution is 7.99. The Morgan fingerprint density at radius 2 is 2.57 bits per heavy atom. The van der Waals surface area contributed by atoms with Gasteiger partial charge in [-0.15, -0.1) is 11.3 Å². The van der Waals surface area contributed by atoms with Gasteiger partial charge in [-0.1, -0.05) is 6.92 Å². The molecule has 0 aliphatic carbocycles. The molecule has 0 saturated carbocycles. The molecule has 78 valence electrons. The van der Waals surface area contributed by atoms with Crippen LogP contribution in [0.2, 0.25) is 0 Å². The second-order valence-corrected chi connectivity index (χ2v) is 6.14. The highest BCUT2D eigenvalue weighted by Crippen LogP contribution is 2.42. The van der Waals surface area contributed by atoms with Crippen molar-refractivity contribution in [2.24, 2.45) is 5.73 Å². The summed E-state index contributed by atoms with van der Waals surface area (Å²) in [6.45, 7) is 2.89. The molecule has 0 bridgehead atoms. The fourth-order valence-electron chi connectivity index (χ4n) is 1.57. The van der Waals surface area contributed by atoms with Crippen molar-refractivity contribution in [3.63, 3.8) is 0 Å². The van der Waals surface area contributed by atoms with Crippen LogP contribution in [0.1, 0.15) is 40.8 Å². The maximum absolute atomic E-state index is 5.64. The third-order valence-electron chi connectivity index (χ3n) is 2.59. The molecule has 0 spiro atoms. The summed E-state index contributed by atoms with van der Waals surface area (Å²) in [6.07, 6.45) is 4.65. The zero-order chi connectivity index (χ0) is 9.97. The lowest BCUT2D eigenvalue weighted by atomic mass is 10.2. The van der Waals surface area contributed by atoms with Gasteiger partial charge < -0.3 is 5.73 Å². The number of aromatic nitrogens is 1. The molecule has 4 heteroatoms. The molecular weight excluding hydrogens is 212 g/mol. The third kappa shape index (κ3) is 2.12. The van der Waals surface area contributed by atoms with Crippen LogP contribution < -0.4 is 5.73 Å². The molecule has 2 nitrogen and oxygen atoms in total. The summed E-state index contributed by atoms with van der Waals surface area (Å²) >= 11 is 3.90. The molecule has 1 aromatic rings. The Balaban J connectivity index is 2.08. The summed E-state index contributed by atoms with van der Waals surface area (Å²) in [5.41, 5.74) is 5.64. The number of nitrogens with zero attached hydrogens (tertiary/aromatic N) is 1. The van der Waals surface area contributed by atoms with E-state index in [-0.39, 0.29) is 0 Å². The summed E-state index contributed by atoms with van der Waals surface area (Å²) in [5.74, 6) is 1.76. The summed E-state index contributed by atoms with van der Waals surface area (Å²) < 4.78 is 0. The maximum Gasteiger partial charge on any atom is 0.106 e. The molecule has 1 aromatic heterocycles. The average molecular weight is 228 g/mol. The van der Waals surface area contributed by atoms with Crippen molar-refractivity contribution in [3.8, 4) is 0 Å². The second-order valence-electron chi connectivity index (χ2n) is 3.74. The first-order chi connectivity index (χ1) is 6.81. The predicted octanol–water partition coefficient (Wildman–Crippen LogP) is 2.77. The Hall–Kier alpha value is -0.0600. The maximum atomic E-state index is 5.64. The van der Waals surface area contributed by atoms with E-state index < -0.39 is 0 Å². The summed E-state index contributed by atoms with van der Waals surface area (Å²) in [6, 6.07) is 0. The van der Waals surface area contributed by atoms with Crippen LogP contribution in [0.15, 0.2) is 6.20 Å². The predicted molar refractivity (Wildman–Crippen MR) is 64.0 cm³/mol. The van der Waals surface area contributed by atoms with E-state index in [2.05, 4.69) is 11.9 Å². The Morgan fingerprint density at radius 1 is 1.71 bits per heavy atom. The Morgan fingerprint density at radius 3 is 3.21 bits per heavy atom. The van der Waals surface area contributed by atoms with Gasteiger partial charge in [0.15, 0.2) is 0 Å². The van der Waals surface area contributed by atoms with Crippen LogP contribution in [-0.4, -0.2) is 17.3 Å². The summed E-state index contributed by atoms with van der Waals surface area (Å²) in [5, 5.41) is 1.97. The fourth-order valence-corrected chi connectivity index (χ4v) is 4.07. The zero-order valence-corrected chi connectivity index (χ0v) is 10.0. The number of hydrogen-bond acceptors (Lipinski definition) is 4. The Bertz CT molecular complexity index is 292. The minimum absolute atomic E-state index is 0.465. The van der Waals surface area contributed by atoms with Gasteiger partial charge in [-0.25, -0.2) is 4.98 Å². The fraction of sp³-hybridized carbons (Fsp3) is 0.700. The van der Waals surface area contributed by atoms with Crippen molar-refractivity contribution in [1.29, 1.82) is 0 Å². The lowest BCUT2D eigenvalue weighted by molar-refractivity contribution is 0.787. The van der Waals surface area contributed by atoms with Gasteiger partial charge in [0.25, 0.3) is 0 Å². The molecule has 14 heavy (non-hydrogen) atoms. The van der Waals surface area contributed by atoms with E-state index in [0.717, 1.165) is 6.54 Å². The van der Waals surface area contributed by atoms with E-state index >= 15 is 0 Å². The molecule has 1 fully saturated rings. The highest BCUT2D eigenvalue weighted by atomic mass is 32.2. The van der Waals surface area contributed by atoms with Crippen LogP contribution in [0.4, 0.5) is 0 Å². The monoisotopic (exact) mass is 228 g/mol. The smallest absolute Gasteiger partial charge is 0.106 e. The Kier molecular flexibility index (Phi) is 3.47. The molecule has 2 N–H and O–H groups in total. The lowest BCUT2D eigenvalue weighted by Crippen LogP contribution is -2.07. The zero-order valence-electron chi connectivity index (χ0n) is 8.40. The van der Waals surface area contributed by atoms with Crippen molar-refractivity contribution in [1.82, 2.24) is 4.98 Å². The van der Waals surface area contributed by atoms with E-state index in [1.165, 1.54) is 28.5 Å². The van der Waals surface area contributed by atoms with Crippen LogP contribution in [0, 0.1) is 0 Å². The van der Waals surface area contributed by atoms with Crippen LogP contribution in [0.25, 0.3) is 0 Å². The average Bonchev–Trinajstić information content (AvgIpc) is 2.86. The molecule has 0 amide bonds. The van der Waals surface area contributed by atoms with Crippen LogP contribution in [0.5, 0.6) is 0 Å². The minimum Gasteiger partial charge on any atom is -0.330 e. The van der Waals surface area contributed by atoms with Gasteiger partial charge in [-0.05, 0) is 25.1 Å². The van der Waals surface area contributed by atoms with Crippen LogP contribution in [0.3, 0.4) is 0 Å². The summed E-state index contributed by atoms with van der Waals surface area (Å²) in [4.78, 5) is 5.85. The summed E-state index contributed by atoms with van der Waals surface area (Å²) in [7, 11) is 0. The largest absolute Gasteiger partial charge is 0.330 e. The first-order valence-corrected chi connectivity index (χ1v) is 6.95. The van der Waals surface area contributed by atoms with E-state index in [9.17, 15) is 0 Å². The number of hydrogen-bond donors (Lipinski definition) is 1. The molecular formula is C10H16N2S2. The highest BCUT2D eigenvalue weighted by Gasteiger charge is 2.21. The van der Waals surface area contributed by atoms with Gasteiger partial charge in [0.05, 0.1) is 5.25 Å². The minimum atomic E-state index is 0.465. The van der Waals surface area contributed by atoms with Gasteiger partial charge in [-0.2, -0.15) is 11.8 Å². The van der Waals surface area contributed by atoms with Crippen molar-refractivity contribution in [2.75, 3.05) is 12.3 Å². The van der Waals surface area contributed by atoms with Crippen molar-refractivity contribution < 1.29 is 0 Å². The molecule has 0 radical (unpaired) electrons. The third-order valence-corrected chi connectivity index (χ3v) is 5.46. The number of nitrogens with two attached hydrogens (primary N) is 1. The lowest BCUT2D eigenvalue weighted by Gasteiger charge is -2.04. The molecule has 2 unspecified atom stereocenters. The van der Waals surface area contributed by atoms with Crippen molar-refractivity contribution >= 4 is 23.1 Å². The topological polar surface area (TPSA) is 38.9 Å². The first-order valence-electron chi connectivity index (χ1n) is 5.08. The van der Waals surface area contributed by atoms with Crippen molar-refractivity contribution in [2.45, 2.75) is 30.9 Å². The number of rotatable bonds is 3. The molecule has 2 heterocycles. The molecule has 1 saturated heterocycles. The molecule has 1 aliphatic heterocycles. The second kappa shape index (κ2) is 4.64. The van der Waals surface area contributed by atoms with E-state index in [1.54, 1.807) is 0 Å². The van der Waals surface area contributed by atoms with E-state index in [4.69, 9.17) is 5.73 Å². The van der Waals surface area contributed by atoms with Crippen LogP contribution in [-0.2, 0) is 0 Å². The first kappa shape index (κ1) is 10.5. The normalized spacial score (nSPS) is 24.0. The molecule has 2 rings (SSSR count). The van der Waals surface area contributed by atoms with Gasteiger partial charge in [0.1, 0.15) is 5.01 Å². The SMILES string of the molecule is CC(CN)c1cnc(C2CCCS2)s1.